The zero-order valence-electron chi connectivity index (χ0n) is 12.2. The number of aliphatic imine (C=N–C) groups is 1. The Bertz CT molecular complexity index is 524. The molecular weight excluding hydrogens is 358 g/mol. The normalized spacial score (nSPS) is 26.5. The molecule has 0 saturated heterocycles. The van der Waals surface area contributed by atoms with Crippen LogP contribution in [0.2, 0.25) is 0 Å². The molecule has 0 spiro atoms. The Hall–Kier alpha value is -0.680. The first-order chi connectivity index (χ1) is 9.52. The number of aromatic hydroxyl groups is 1. The number of nitrogens with zero attached hydrogens (tertiary/aromatic N) is 1. The molecule has 0 radical (unpaired) electrons. The van der Waals surface area contributed by atoms with E-state index in [2.05, 4.69) is 4.99 Å². The predicted molar refractivity (Wildman–Crippen MR) is 104 cm³/mol. The molecule has 1 aliphatic rings. The van der Waals surface area contributed by atoms with Crippen molar-refractivity contribution in [3.8, 4) is 5.75 Å². The summed E-state index contributed by atoms with van der Waals surface area (Å²) in [4.78, 5) is 4.13. The third kappa shape index (κ3) is 6.03. The SMILES string of the molecule is OCC1=C[C@H](N=Cc2ccc(O)cc2)[C@H](O)C(O)[C@@H]1O.S.S.S. The van der Waals surface area contributed by atoms with E-state index in [0.717, 1.165) is 5.56 Å². The topological polar surface area (TPSA) is 114 Å². The highest BCUT2D eigenvalue weighted by Crippen LogP contribution is 2.22. The van der Waals surface area contributed by atoms with Crippen LogP contribution >= 0.6 is 40.5 Å². The molecule has 0 fully saturated rings. The minimum Gasteiger partial charge on any atom is -0.508 e. The van der Waals surface area contributed by atoms with Gasteiger partial charge in [0.25, 0.3) is 0 Å². The molecule has 0 bridgehead atoms. The summed E-state index contributed by atoms with van der Waals surface area (Å²) in [5, 5.41) is 47.4. The molecule has 0 heterocycles. The summed E-state index contributed by atoms with van der Waals surface area (Å²) in [5.74, 6) is 0.140. The lowest BCUT2D eigenvalue weighted by atomic mass is 9.88. The van der Waals surface area contributed by atoms with Crippen LogP contribution < -0.4 is 0 Å². The van der Waals surface area contributed by atoms with Crippen LogP contribution in [0.25, 0.3) is 0 Å². The summed E-state index contributed by atoms with van der Waals surface area (Å²) in [6, 6.07) is 5.56. The third-order valence-corrected chi connectivity index (χ3v) is 3.26. The van der Waals surface area contributed by atoms with E-state index in [1.807, 2.05) is 0 Å². The van der Waals surface area contributed by atoms with Gasteiger partial charge in [-0.25, -0.2) is 0 Å². The van der Waals surface area contributed by atoms with Gasteiger partial charge in [-0.2, -0.15) is 40.5 Å². The van der Waals surface area contributed by atoms with Crippen molar-refractivity contribution in [3.63, 3.8) is 0 Å². The van der Waals surface area contributed by atoms with Gasteiger partial charge in [0, 0.05) is 6.21 Å². The Labute approximate surface area is 155 Å². The lowest BCUT2D eigenvalue weighted by molar-refractivity contribution is -0.0592. The first-order valence-electron chi connectivity index (χ1n) is 6.21. The van der Waals surface area contributed by atoms with Crippen LogP contribution in [-0.2, 0) is 0 Å². The van der Waals surface area contributed by atoms with Gasteiger partial charge in [0.2, 0.25) is 0 Å². The largest absolute Gasteiger partial charge is 0.508 e. The van der Waals surface area contributed by atoms with E-state index in [4.69, 9.17) is 10.2 Å². The summed E-state index contributed by atoms with van der Waals surface area (Å²) in [6.07, 6.45) is -0.977. The molecule has 1 aliphatic carbocycles. The maximum absolute atomic E-state index is 9.85. The summed E-state index contributed by atoms with van der Waals surface area (Å²) in [5.41, 5.74) is 0.949. The summed E-state index contributed by atoms with van der Waals surface area (Å²) >= 11 is 0. The molecule has 0 aliphatic heterocycles. The fourth-order valence-corrected chi connectivity index (χ4v) is 2.03. The number of rotatable bonds is 3. The molecule has 0 saturated carbocycles. The molecule has 4 atom stereocenters. The average Bonchev–Trinajstić information content (AvgIpc) is 2.46. The maximum atomic E-state index is 9.85. The van der Waals surface area contributed by atoms with E-state index in [-0.39, 0.29) is 51.8 Å². The van der Waals surface area contributed by atoms with Crippen LogP contribution in [0.15, 0.2) is 40.9 Å². The molecule has 2 rings (SSSR count). The summed E-state index contributed by atoms with van der Waals surface area (Å²) < 4.78 is 0. The Morgan fingerprint density at radius 2 is 1.52 bits per heavy atom. The Morgan fingerprint density at radius 3 is 2.04 bits per heavy atom. The zero-order chi connectivity index (χ0) is 14.7. The van der Waals surface area contributed by atoms with Gasteiger partial charge in [0.1, 0.15) is 24.1 Å². The number of phenolic OH excluding ortho intramolecular Hbond substituents is 1. The third-order valence-electron chi connectivity index (χ3n) is 3.26. The Balaban J connectivity index is 0. The lowest BCUT2D eigenvalue weighted by Crippen LogP contribution is -2.48. The molecule has 5 N–H and O–H groups in total. The molecule has 132 valence electrons. The van der Waals surface area contributed by atoms with Gasteiger partial charge in [-0.05, 0) is 35.4 Å². The molecule has 0 amide bonds. The van der Waals surface area contributed by atoms with Crippen LogP contribution in [-0.4, -0.2) is 62.7 Å². The number of benzene rings is 1. The highest BCUT2D eigenvalue weighted by molar-refractivity contribution is 7.59. The molecule has 6 nitrogen and oxygen atoms in total. The van der Waals surface area contributed by atoms with Crippen LogP contribution in [0.4, 0.5) is 0 Å². The van der Waals surface area contributed by atoms with E-state index in [9.17, 15) is 15.3 Å². The molecular formula is C14H23NO5S3. The molecule has 9 heteroatoms. The molecule has 1 unspecified atom stereocenters. The predicted octanol–water partition coefficient (Wildman–Crippen LogP) is -0.467. The molecule has 23 heavy (non-hydrogen) atoms. The van der Waals surface area contributed by atoms with Gasteiger partial charge in [0.15, 0.2) is 0 Å². The quantitative estimate of drug-likeness (QED) is 0.359. The van der Waals surface area contributed by atoms with Crippen molar-refractivity contribution in [2.24, 2.45) is 4.99 Å². The van der Waals surface area contributed by atoms with E-state index in [0.29, 0.717) is 0 Å². The van der Waals surface area contributed by atoms with Crippen molar-refractivity contribution in [1.82, 2.24) is 0 Å². The van der Waals surface area contributed by atoms with Crippen LogP contribution in [0.5, 0.6) is 5.75 Å². The minimum atomic E-state index is -1.39. The van der Waals surface area contributed by atoms with Crippen molar-refractivity contribution in [3.05, 3.63) is 41.5 Å². The van der Waals surface area contributed by atoms with Crippen molar-refractivity contribution < 1.29 is 25.5 Å². The summed E-state index contributed by atoms with van der Waals surface area (Å²) in [6.45, 7) is -0.407. The van der Waals surface area contributed by atoms with Crippen LogP contribution in [0, 0.1) is 0 Å². The smallest absolute Gasteiger partial charge is 0.115 e. The van der Waals surface area contributed by atoms with Gasteiger partial charge >= 0.3 is 0 Å². The average molecular weight is 382 g/mol. The number of phenols is 1. The van der Waals surface area contributed by atoms with Crippen molar-refractivity contribution in [2.45, 2.75) is 24.4 Å². The van der Waals surface area contributed by atoms with Gasteiger partial charge in [0.05, 0.1) is 12.6 Å². The Morgan fingerprint density at radius 1 is 0.957 bits per heavy atom. The van der Waals surface area contributed by atoms with Crippen molar-refractivity contribution >= 4 is 46.7 Å². The molecule has 1 aromatic rings. The van der Waals surface area contributed by atoms with E-state index >= 15 is 0 Å². The van der Waals surface area contributed by atoms with Crippen LogP contribution in [0.3, 0.4) is 0 Å². The first-order valence-corrected chi connectivity index (χ1v) is 6.21. The lowest BCUT2D eigenvalue weighted by Gasteiger charge is -2.32. The van der Waals surface area contributed by atoms with E-state index < -0.39 is 31.0 Å². The second-order valence-electron chi connectivity index (χ2n) is 4.69. The van der Waals surface area contributed by atoms with Gasteiger partial charge in [-0.15, -0.1) is 0 Å². The number of hydrogen-bond donors (Lipinski definition) is 5. The van der Waals surface area contributed by atoms with E-state index in [1.54, 1.807) is 12.1 Å². The first kappa shape index (κ1) is 24.6. The Kier molecular flexibility index (Phi) is 11.7. The second kappa shape index (κ2) is 11.0. The highest BCUT2D eigenvalue weighted by atomic mass is 32.1. The highest BCUT2D eigenvalue weighted by Gasteiger charge is 2.36. The van der Waals surface area contributed by atoms with Crippen molar-refractivity contribution in [1.29, 1.82) is 0 Å². The zero-order valence-corrected chi connectivity index (χ0v) is 15.2. The van der Waals surface area contributed by atoms with Gasteiger partial charge in [-0.1, -0.05) is 6.08 Å². The van der Waals surface area contributed by atoms with E-state index in [1.165, 1.54) is 24.4 Å². The maximum Gasteiger partial charge on any atom is 0.115 e. The standard InChI is InChI=1S/C14H17NO5.3H2S/c16-7-9-5-11(13(19)14(20)12(9)18)15-6-8-1-3-10(17)4-2-8;;;/h1-6,11-14,16-20H,7H2;3*1H2/t11-,12+,13-,14?;;;/m0.../s1. The van der Waals surface area contributed by atoms with Crippen molar-refractivity contribution in [2.75, 3.05) is 6.61 Å². The van der Waals surface area contributed by atoms with Crippen LogP contribution in [0.1, 0.15) is 5.56 Å². The number of aliphatic hydroxyl groups excluding tert-OH is 4. The molecule has 0 aromatic heterocycles. The monoisotopic (exact) mass is 381 g/mol. The minimum absolute atomic E-state index is 0. The summed E-state index contributed by atoms with van der Waals surface area (Å²) in [7, 11) is 0. The second-order valence-corrected chi connectivity index (χ2v) is 4.69. The fraction of sp³-hybridized carbons (Fsp3) is 0.357. The van der Waals surface area contributed by atoms with Gasteiger partial charge < -0.3 is 25.5 Å². The van der Waals surface area contributed by atoms with Gasteiger partial charge in [-0.3, -0.25) is 4.99 Å². The number of aliphatic hydroxyl groups is 4. The fourth-order valence-electron chi connectivity index (χ4n) is 2.03. The molecule has 1 aromatic carbocycles. The number of hydrogen-bond acceptors (Lipinski definition) is 6.